The van der Waals surface area contributed by atoms with E-state index in [0.717, 1.165) is 18.9 Å². The zero-order valence-corrected chi connectivity index (χ0v) is 12.4. The molecular weight excluding hydrogens is 234 g/mol. The molecule has 0 radical (unpaired) electrons. The van der Waals surface area contributed by atoms with Crippen molar-refractivity contribution in [2.75, 3.05) is 6.54 Å². The van der Waals surface area contributed by atoms with Gasteiger partial charge in [0.1, 0.15) is 0 Å². The van der Waals surface area contributed by atoms with Gasteiger partial charge < -0.3 is 5.73 Å². The van der Waals surface area contributed by atoms with Crippen LogP contribution in [0, 0.1) is 5.92 Å². The second kappa shape index (κ2) is 6.49. The Balaban J connectivity index is 2.23. The second-order valence-corrected chi connectivity index (χ2v) is 6.02. The summed E-state index contributed by atoms with van der Waals surface area (Å²) in [5, 5.41) is 0. The Morgan fingerprint density at radius 1 is 1.47 bits per heavy atom. The van der Waals surface area contributed by atoms with Gasteiger partial charge in [0.05, 0.1) is 6.04 Å². The Morgan fingerprint density at radius 2 is 2.26 bits per heavy atom. The minimum atomic E-state index is 0.181. The van der Waals surface area contributed by atoms with Crippen LogP contribution in [-0.4, -0.2) is 28.5 Å². The number of nitrogens with two attached hydrogens (primary N) is 1. The van der Waals surface area contributed by atoms with Crippen LogP contribution < -0.4 is 5.73 Å². The summed E-state index contributed by atoms with van der Waals surface area (Å²) in [5.41, 5.74) is 7.67. The highest BCUT2D eigenvalue weighted by Gasteiger charge is 2.32. The SMILES string of the molecule is CCC(N)C(c1cccnc1)N1CCC(C)CC1C. The minimum absolute atomic E-state index is 0.181. The van der Waals surface area contributed by atoms with E-state index >= 15 is 0 Å². The van der Waals surface area contributed by atoms with E-state index < -0.39 is 0 Å². The van der Waals surface area contributed by atoms with Crippen LogP contribution in [0.3, 0.4) is 0 Å². The molecule has 2 N–H and O–H groups in total. The molecule has 1 aliphatic heterocycles. The molecule has 0 spiro atoms. The maximum Gasteiger partial charge on any atom is 0.0517 e. The van der Waals surface area contributed by atoms with Crippen LogP contribution in [0.4, 0.5) is 0 Å². The van der Waals surface area contributed by atoms with Gasteiger partial charge in [0, 0.05) is 24.5 Å². The van der Waals surface area contributed by atoms with Crippen LogP contribution in [0.1, 0.15) is 51.6 Å². The minimum Gasteiger partial charge on any atom is -0.326 e. The fraction of sp³-hybridized carbons (Fsp3) is 0.688. The first-order chi connectivity index (χ1) is 9.13. The molecule has 2 heterocycles. The molecule has 4 atom stereocenters. The highest BCUT2D eigenvalue weighted by atomic mass is 15.2. The van der Waals surface area contributed by atoms with Crippen molar-refractivity contribution in [1.29, 1.82) is 0 Å². The number of hydrogen-bond donors (Lipinski definition) is 1. The van der Waals surface area contributed by atoms with Crippen LogP contribution in [-0.2, 0) is 0 Å². The average Bonchev–Trinajstić information content (AvgIpc) is 2.42. The summed E-state index contributed by atoms with van der Waals surface area (Å²) in [4.78, 5) is 6.86. The molecule has 4 unspecified atom stereocenters. The highest BCUT2D eigenvalue weighted by molar-refractivity contribution is 5.17. The number of piperidine rings is 1. The van der Waals surface area contributed by atoms with Crippen LogP contribution in [0.15, 0.2) is 24.5 Å². The summed E-state index contributed by atoms with van der Waals surface area (Å²) in [6.45, 7) is 8.01. The lowest BCUT2D eigenvalue weighted by molar-refractivity contribution is 0.0671. The molecule has 0 aromatic carbocycles. The van der Waals surface area contributed by atoms with Gasteiger partial charge in [-0.15, -0.1) is 0 Å². The first-order valence-corrected chi connectivity index (χ1v) is 7.54. The lowest BCUT2D eigenvalue weighted by atomic mass is 9.88. The lowest BCUT2D eigenvalue weighted by Gasteiger charge is -2.44. The first-order valence-electron chi connectivity index (χ1n) is 7.54. The monoisotopic (exact) mass is 261 g/mol. The Bertz CT molecular complexity index is 379. The van der Waals surface area contributed by atoms with Gasteiger partial charge in [-0.2, -0.15) is 0 Å². The van der Waals surface area contributed by atoms with E-state index in [4.69, 9.17) is 5.73 Å². The van der Waals surface area contributed by atoms with Crippen molar-refractivity contribution in [3.05, 3.63) is 30.1 Å². The predicted octanol–water partition coefficient (Wildman–Crippen LogP) is 2.98. The third kappa shape index (κ3) is 3.34. The zero-order chi connectivity index (χ0) is 13.8. The van der Waals surface area contributed by atoms with Crippen molar-refractivity contribution in [3.63, 3.8) is 0 Å². The Morgan fingerprint density at radius 3 is 2.84 bits per heavy atom. The van der Waals surface area contributed by atoms with Gasteiger partial charge in [0.2, 0.25) is 0 Å². The molecule has 1 fully saturated rings. The first kappa shape index (κ1) is 14.5. The average molecular weight is 261 g/mol. The molecule has 1 aromatic rings. The number of hydrogen-bond acceptors (Lipinski definition) is 3. The lowest BCUT2D eigenvalue weighted by Crippen LogP contribution is -2.48. The van der Waals surface area contributed by atoms with Crippen LogP contribution in [0.2, 0.25) is 0 Å². The number of aromatic nitrogens is 1. The standard InChI is InChI=1S/C16H27N3/c1-4-15(17)16(14-6-5-8-18-11-14)19-9-7-12(2)10-13(19)3/h5-6,8,11-13,15-16H,4,7,9-10,17H2,1-3H3. The molecule has 0 amide bonds. The van der Waals surface area contributed by atoms with Gasteiger partial charge in [-0.1, -0.05) is 19.9 Å². The summed E-state index contributed by atoms with van der Waals surface area (Å²) in [6, 6.07) is 5.27. The van der Waals surface area contributed by atoms with E-state index in [0.29, 0.717) is 12.1 Å². The quantitative estimate of drug-likeness (QED) is 0.906. The van der Waals surface area contributed by atoms with Gasteiger partial charge in [-0.3, -0.25) is 9.88 Å². The molecule has 3 nitrogen and oxygen atoms in total. The van der Waals surface area contributed by atoms with Crippen molar-refractivity contribution in [2.45, 2.75) is 58.2 Å². The summed E-state index contributed by atoms with van der Waals surface area (Å²) < 4.78 is 0. The molecule has 106 valence electrons. The maximum atomic E-state index is 6.41. The second-order valence-electron chi connectivity index (χ2n) is 6.02. The van der Waals surface area contributed by atoms with Gasteiger partial charge >= 0.3 is 0 Å². The Hall–Kier alpha value is -0.930. The summed E-state index contributed by atoms with van der Waals surface area (Å²) >= 11 is 0. The fourth-order valence-electron chi connectivity index (χ4n) is 3.30. The van der Waals surface area contributed by atoms with Gasteiger partial charge in [-0.05, 0) is 50.3 Å². The van der Waals surface area contributed by atoms with Crippen LogP contribution in [0.5, 0.6) is 0 Å². The molecule has 1 saturated heterocycles. The number of nitrogens with zero attached hydrogens (tertiary/aromatic N) is 2. The molecule has 0 bridgehead atoms. The topological polar surface area (TPSA) is 42.1 Å². The van der Waals surface area contributed by atoms with Gasteiger partial charge in [0.15, 0.2) is 0 Å². The predicted molar refractivity (Wildman–Crippen MR) is 79.8 cm³/mol. The van der Waals surface area contributed by atoms with Crippen molar-refractivity contribution < 1.29 is 0 Å². The molecule has 2 rings (SSSR count). The Kier molecular flexibility index (Phi) is 4.94. The molecule has 1 aliphatic rings. The molecule has 19 heavy (non-hydrogen) atoms. The smallest absolute Gasteiger partial charge is 0.0517 e. The zero-order valence-electron chi connectivity index (χ0n) is 12.4. The third-order valence-electron chi connectivity index (χ3n) is 4.45. The van der Waals surface area contributed by atoms with Crippen molar-refractivity contribution >= 4 is 0 Å². The summed E-state index contributed by atoms with van der Waals surface area (Å²) in [7, 11) is 0. The van der Waals surface area contributed by atoms with Crippen LogP contribution in [0.25, 0.3) is 0 Å². The number of likely N-dealkylation sites (tertiary alicyclic amines) is 1. The molecule has 0 aliphatic carbocycles. The van der Waals surface area contributed by atoms with Crippen molar-refractivity contribution in [1.82, 2.24) is 9.88 Å². The number of rotatable bonds is 4. The summed E-state index contributed by atoms with van der Waals surface area (Å²) in [6.07, 6.45) is 7.35. The third-order valence-corrected chi connectivity index (χ3v) is 4.45. The van der Waals surface area contributed by atoms with E-state index in [1.165, 1.54) is 18.4 Å². The largest absolute Gasteiger partial charge is 0.326 e. The molecule has 0 saturated carbocycles. The van der Waals surface area contributed by atoms with Gasteiger partial charge in [0.25, 0.3) is 0 Å². The van der Waals surface area contributed by atoms with Crippen molar-refractivity contribution in [2.24, 2.45) is 11.7 Å². The highest BCUT2D eigenvalue weighted by Crippen LogP contribution is 2.32. The Labute approximate surface area is 117 Å². The maximum absolute atomic E-state index is 6.41. The molecule has 1 aromatic heterocycles. The fourth-order valence-corrected chi connectivity index (χ4v) is 3.30. The van der Waals surface area contributed by atoms with E-state index in [9.17, 15) is 0 Å². The summed E-state index contributed by atoms with van der Waals surface area (Å²) in [5.74, 6) is 0.832. The van der Waals surface area contributed by atoms with E-state index in [1.807, 2.05) is 18.5 Å². The van der Waals surface area contributed by atoms with Gasteiger partial charge in [-0.25, -0.2) is 0 Å². The van der Waals surface area contributed by atoms with E-state index in [2.05, 4.69) is 36.7 Å². The van der Waals surface area contributed by atoms with E-state index in [1.54, 1.807) is 0 Å². The molecular formula is C16H27N3. The number of pyridine rings is 1. The van der Waals surface area contributed by atoms with E-state index in [-0.39, 0.29) is 6.04 Å². The molecule has 3 heteroatoms. The van der Waals surface area contributed by atoms with Crippen LogP contribution >= 0.6 is 0 Å². The van der Waals surface area contributed by atoms with Crippen molar-refractivity contribution in [3.8, 4) is 0 Å². The normalized spacial score (nSPS) is 28.0.